The van der Waals surface area contributed by atoms with Crippen LogP contribution < -0.4 is 44.6 Å². The Hall–Kier alpha value is -2.92. The highest BCUT2D eigenvalue weighted by Gasteiger charge is 2.10. The Morgan fingerprint density at radius 3 is 1.38 bits per heavy atom. The number of nitrogens with zero attached hydrogens (tertiary/aromatic N) is 6. The number of hydrogen-bond acceptors (Lipinski definition) is 8. The van der Waals surface area contributed by atoms with Crippen molar-refractivity contribution in [3.8, 4) is 0 Å². The van der Waals surface area contributed by atoms with Crippen molar-refractivity contribution in [3.63, 3.8) is 0 Å². The zero-order valence-corrected chi connectivity index (χ0v) is 25.3. The number of benzene rings is 2. The number of rotatable bonds is 14. The van der Waals surface area contributed by atoms with Crippen LogP contribution in [-0.4, -0.2) is 13.1 Å². The summed E-state index contributed by atoms with van der Waals surface area (Å²) in [4.78, 5) is 0. The molecular formula is C27H34Cl2N8S2. The largest absolute Gasteiger partial charge is 1.00 e. The molecule has 2 heterocycles. The summed E-state index contributed by atoms with van der Waals surface area (Å²) in [6.45, 7) is 7.90. The smallest absolute Gasteiger partial charge is 0.408 e. The van der Waals surface area contributed by atoms with E-state index in [0.717, 1.165) is 78.5 Å². The molecule has 0 amide bonds. The fourth-order valence-electron chi connectivity index (χ4n) is 3.62. The molecule has 8 nitrogen and oxygen atoms in total. The molecule has 208 valence electrons. The minimum absolute atomic E-state index is 0. The second kappa shape index (κ2) is 17.6. The van der Waals surface area contributed by atoms with Gasteiger partial charge in [0.2, 0.25) is 0 Å². The summed E-state index contributed by atoms with van der Waals surface area (Å²) in [5, 5.41) is 30.3. The van der Waals surface area contributed by atoms with Crippen LogP contribution in [0.25, 0.3) is 0 Å². The molecule has 4 aromatic rings. The van der Waals surface area contributed by atoms with E-state index in [-0.39, 0.29) is 24.8 Å². The van der Waals surface area contributed by atoms with E-state index < -0.39 is 0 Å². The van der Waals surface area contributed by atoms with Gasteiger partial charge in [0.1, 0.15) is 23.8 Å². The van der Waals surface area contributed by atoms with Crippen molar-refractivity contribution in [2.75, 3.05) is 23.7 Å². The Labute approximate surface area is 250 Å². The number of thiazole rings is 2. The van der Waals surface area contributed by atoms with Gasteiger partial charge in [-0.3, -0.25) is 0 Å². The first-order valence-corrected chi connectivity index (χ1v) is 14.5. The Bertz CT molecular complexity index is 1190. The van der Waals surface area contributed by atoms with Gasteiger partial charge in [0.05, 0.1) is 23.3 Å². The van der Waals surface area contributed by atoms with E-state index in [1.165, 1.54) is 0 Å². The normalized spacial score (nSPS) is 10.9. The standard InChI is InChI=1S/C27H32N8S2.2ClH/c1-3-34-18-20-36-26(34)32-30-24-12-8-22(9-13-24)28-16-6-5-7-17-29-23-10-14-25(15-11-23)31-33-27-35(4-2)19-21-37-27;;/h8-15,18-21H,3-7,16-17H2,1-2H3;2*1H. The van der Waals surface area contributed by atoms with Gasteiger partial charge in [0.25, 0.3) is 0 Å². The van der Waals surface area contributed by atoms with Crippen molar-refractivity contribution in [1.82, 2.24) is 0 Å². The average Bonchev–Trinajstić information content (AvgIpc) is 3.60. The lowest BCUT2D eigenvalue weighted by Gasteiger charge is -2.08. The molecule has 4 rings (SSSR count). The van der Waals surface area contributed by atoms with Crippen LogP contribution in [0, 0.1) is 0 Å². The molecular weight excluding hydrogens is 571 g/mol. The summed E-state index contributed by atoms with van der Waals surface area (Å²) in [6, 6.07) is 16.2. The highest BCUT2D eigenvalue weighted by atomic mass is 35.5. The molecule has 2 aromatic carbocycles. The number of halogens is 2. The van der Waals surface area contributed by atoms with E-state index in [2.05, 4.69) is 78.3 Å². The highest BCUT2D eigenvalue weighted by Crippen LogP contribution is 2.22. The molecule has 2 N–H and O–H groups in total. The number of aromatic nitrogens is 2. The Balaban J connectivity index is 0.00000267. The second-order valence-electron chi connectivity index (χ2n) is 8.35. The molecule has 0 fully saturated rings. The third-order valence-corrected chi connectivity index (χ3v) is 7.32. The van der Waals surface area contributed by atoms with Gasteiger partial charge in [-0.25, -0.2) is 9.13 Å². The number of unbranched alkanes of at least 4 members (excludes halogenated alkanes) is 2. The summed E-state index contributed by atoms with van der Waals surface area (Å²) in [6.07, 6.45) is 7.47. The van der Waals surface area contributed by atoms with Crippen LogP contribution in [0.2, 0.25) is 0 Å². The van der Waals surface area contributed by atoms with Gasteiger partial charge in [-0.05, 0) is 115 Å². The fourth-order valence-corrected chi connectivity index (χ4v) is 5.11. The monoisotopic (exact) mass is 604 g/mol. The lowest BCUT2D eigenvalue weighted by molar-refractivity contribution is -0.677. The van der Waals surface area contributed by atoms with E-state index >= 15 is 0 Å². The van der Waals surface area contributed by atoms with Crippen LogP contribution in [0.5, 0.6) is 0 Å². The van der Waals surface area contributed by atoms with E-state index in [0.29, 0.717) is 0 Å². The minimum Gasteiger partial charge on any atom is -1.00 e. The number of anilines is 2. The molecule has 0 saturated carbocycles. The molecule has 12 heteroatoms. The van der Waals surface area contributed by atoms with Gasteiger partial charge in [0.15, 0.2) is 0 Å². The highest BCUT2D eigenvalue weighted by molar-refractivity contribution is 7.13. The molecule has 0 aliphatic rings. The lowest BCUT2D eigenvalue weighted by Crippen LogP contribution is -3.00. The van der Waals surface area contributed by atoms with E-state index in [1.807, 2.05) is 47.4 Å². The van der Waals surface area contributed by atoms with Gasteiger partial charge in [-0.15, -0.1) is 0 Å². The summed E-state index contributed by atoms with van der Waals surface area (Å²) in [5.41, 5.74) is 3.93. The Morgan fingerprint density at radius 2 is 1.00 bits per heavy atom. The Kier molecular flexibility index (Phi) is 14.6. The van der Waals surface area contributed by atoms with Gasteiger partial charge >= 0.3 is 10.3 Å². The maximum atomic E-state index is 4.36. The lowest BCUT2D eigenvalue weighted by atomic mass is 10.2. The van der Waals surface area contributed by atoms with Crippen molar-refractivity contribution in [3.05, 3.63) is 71.7 Å². The molecule has 2 aromatic heterocycles. The third-order valence-electron chi connectivity index (χ3n) is 5.75. The quantitative estimate of drug-likeness (QED) is 0.131. The first-order valence-electron chi connectivity index (χ1n) is 12.7. The van der Waals surface area contributed by atoms with Crippen LogP contribution in [-0.2, 0) is 13.1 Å². The van der Waals surface area contributed by atoms with E-state index in [9.17, 15) is 0 Å². The first-order chi connectivity index (χ1) is 18.2. The van der Waals surface area contributed by atoms with Gasteiger partial charge in [0, 0.05) is 35.2 Å². The predicted molar refractivity (Wildman–Crippen MR) is 152 cm³/mol. The molecule has 0 aliphatic heterocycles. The summed E-state index contributed by atoms with van der Waals surface area (Å²) in [7, 11) is 0. The number of aryl methyl sites for hydroxylation is 2. The summed E-state index contributed by atoms with van der Waals surface area (Å²) < 4.78 is 4.16. The maximum absolute atomic E-state index is 4.36. The van der Waals surface area contributed by atoms with Crippen molar-refractivity contribution in [2.45, 2.75) is 46.2 Å². The number of azo groups is 2. The SMILES string of the molecule is CC[n+]1ccsc1N=Nc1ccc(NCCCCCNc2ccc(N=Nc3scc[n+]3CC)cc2)cc1.[Cl-].[Cl-]. The van der Waals surface area contributed by atoms with E-state index in [4.69, 9.17) is 0 Å². The fraction of sp³-hybridized carbons (Fsp3) is 0.333. The number of nitrogens with one attached hydrogen (secondary N) is 2. The van der Waals surface area contributed by atoms with Crippen LogP contribution in [0.1, 0.15) is 33.1 Å². The predicted octanol–water partition coefficient (Wildman–Crippen LogP) is 1.96. The van der Waals surface area contributed by atoms with Crippen molar-refractivity contribution in [1.29, 1.82) is 0 Å². The van der Waals surface area contributed by atoms with Gasteiger partial charge < -0.3 is 35.4 Å². The van der Waals surface area contributed by atoms with Crippen molar-refractivity contribution in [2.24, 2.45) is 20.5 Å². The minimum atomic E-state index is 0. The zero-order valence-electron chi connectivity index (χ0n) is 22.1. The van der Waals surface area contributed by atoms with Crippen LogP contribution >= 0.6 is 22.7 Å². The molecule has 0 unspecified atom stereocenters. The molecule has 0 aliphatic carbocycles. The average molecular weight is 606 g/mol. The zero-order chi connectivity index (χ0) is 25.7. The molecule has 0 spiro atoms. The molecule has 0 atom stereocenters. The van der Waals surface area contributed by atoms with Crippen molar-refractivity contribution >= 4 is 55.7 Å². The topological polar surface area (TPSA) is 81.3 Å². The molecule has 0 bridgehead atoms. The van der Waals surface area contributed by atoms with Crippen LogP contribution in [0.15, 0.2) is 92.1 Å². The van der Waals surface area contributed by atoms with Crippen LogP contribution in [0.3, 0.4) is 0 Å². The first kappa shape index (κ1) is 32.3. The molecule has 39 heavy (non-hydrogen) atoms. The summed E-state index contributed by atoms with van der Waals surface area (Å²) >= 11 is 3.19. The molecule has 0 saturated heterocycles. The van der Waals surface area contributed by atoms with E-state index in [1.54, 1.807) is 22.7 Å². The van der Waals surface area contributed by atoms with Crippen LogP contribution in [0.4, 0.5) is 33.0 Å². The second-order valence-corrected chi connectivity index (χ2v) is 10.1. The molecule has 0 radical (unpaired) electrons. The third kappa shape index (κ3) is 10.3. The maximum Gasteiger partial charge on any atom is 0.408 e. The van der Waals surface area contributed by atoms with Gasteiger partial charge in [-0.2, -0.15) is 0 Å². The van der Waals surface area contributed by atoms with Crippen molar-refractivity contribution < 1.29 is 33.9 Å². The summed E-state index contributed by atoms with van der Waals surface area (Å²) in [5.74, 6) is 0. The number of hydrogen-bond donors (Lipinski definition) is 2. The Morgan fingerprint density at radius 1 is 0.590 bits per heavy atom. The van der Waals surface area contributed by atoms with Gasteiger partial charge in [-0.1, -0.05) is 0 Å².